The fourth-order valence-corrected chi connectivity index (χ4v) is 5.40. The van der Waals surface area contributed by atoms with Crippen molar-refractivity contribution in [3.8, 4) is 0 Å². The van der Waals surface area contributed by atoms with Gasteiger partial charge in [0.15, 0.2) is 0 Å². The lowest BCUT2D eigenvalue weighted by Crippen LogP contribution is -2.45. The van der Waals surface area contributed by atoms with Gasteiger partial charge in [-0.15, -0.1) is 0 Å². The third-order valence-electron chi connectivity index (χ3n) is 5.34. The van der Waals surface area contributed by atoms with E-state index >= 15 is 0 Å². The normalized spacial score (nSPS) is 21.5. The summed E-state index contributed by atoms with van der Waals surface area (Å²) in [7, 11) is -3.60. The van der Waals surface area contributed by atoms with E-state index in [-0.39, 0.29) is 23.3 Å². The first kappa shape index (κ1) is 20.4. The molecule has 0 radical (unpaired) electrons. The number of allylic oxidation sites excluding steroid dienone is 1. The first-order chi connectivity index (χ1) is 13.0. The number of nitrogens with one attached hydrogen (secondary N) is 1. The third kappa shape index (κ3) is 5.33. The lowest BCUT2D eigenvalue weighted by atomic mass is 9.96. The molecule has 1 amide bonds. The molecule has 1 aliphatic carbocycles. The van der Waals surface area contributed by atoms with Crippen LogP contribution in [0.25, 0.3) is 0 Å². The van der Waals surface area contributed by atoms with Gasteiger partial charge in [0.25, 0.3) is 0 Å². The number of nitrogens with zero attached hydrogens (tertiary/aromatic N) is 1. The number of amides is 1. The Morgan fingerprint density at radius 2 is 1.96 bits per heavy atom. The second-order valence-electron chi connectivity index (χ2n) is 7.31. The Balaban J connectivity index is 1.55. The Hall–Kier alpha value is -1.37. The number of hydrogen-bond acceptors (Lipinski definition) is 3. The number of benzene rings is 1. The van der Waals surface area contributed by atoms with Crippen LogP contribution in [0.15, 0.2) is 40.8 Å². The van der Waals surface area contributed by atoms with Gasteiger partial charge in [0.2, 0.25) is 15.9 Å². The average Bonchev–Trinajstić information content (AvgIpc) is 2.69. The van der Waals surface area contributed by atoms with E-state index in [1.807, 2.05) is 0 Å². The highest BCUT2D eigenvalue weighted by molar-refractivity contribution is 7.89. The van der Waals surface area contributed by atoms with Crippen LogP contribution < -0.4 is 5.32 Å². The highest BCUT2D eigenvalue weighted by atomic mass is 35.5. The van der Waals surface area contributed by atoms with Gasteiger partial charge in [-0.25, -0.2) is 8.42 Å². The Morgan fingerprint density at radius 3 is 2.67 bits per heavy atom. The Kier molecular flexibility index (Phi) is 6.95. The van der Waals surface area contributed by atoms with Crippen molar-refractivity contribution in [2.45, 2.75) is 49.8 Å². The quantitative estimate of drug-likeness (QED) is 0.726. The van der Waals surface area contributed by atoms with Crippen molar-refractivity contribution < 1.29 is 13.2 Å². The van der Waals surface area contributed by atoms with Gasteiger partial charge >= 0.3 is 0 Å². The average molecular weight is 411 g/mol. The number of halogens is 1. The monoisotopic (exact) mass is 410 g/mol. The Bertz CT molecular complexity index is 790. The molecule has 148 valence electrons. The van der Waals surface area contributed by atoms with Crippen molar-refractivity contribution >= 4 is 27.5 Å². The second kappa shape index (κ2) is 9.22. The van der Waals surface area contributed by atoms with E-state index in [9.17, 15) is 13.2 Å². The highest BCUT2D eigenvalue weighted by Gasteiger charge is 2.33. The van der Waals surface area contributed by atoms with Crippen molar-refractivity contribution in [1.29, 1.82) is 0 Å². The molecule has 1 heterocycles. The summed E-state index contributed by atoms with van der Waals surface area (Å²) in [6.07, 6.45) is 9.37. The Morgan fingerprint density at radius 1 is 1.19 bits per heavy atom. The van der Waals surface area contributed by atoms with E-state index in [2.05, 4.69) is 11.4 Å². The van der Waals surface area contributed by atoms with Gasteiger partial charge in [0, 0.05) is 24.7 Å². The minimum atomic E-state index is -3.60. The summed E-state index contributed by atoms with van der Waals surface area (Å²) in [5, 5.41) is 3.50. The van der Waals surface area contributed by atoms with Crippen molar-refractivity contribution in [3.05, 3.63) is 40.9 Å². The van der Waals surface area contributed by atoms with Crippen LogP contribution in [0.5, 0.6) is 0 Å². The molecular formula is C20H27ClN2O3S. The standard InChI is InChI=1S/C20H27ClN2O3S/c21-18-8-10-19(11-9-18)27(25,26)23-14-4-7-17(15-23)20(24)22-13-12-16-5-2-1-3-6-16/h5,8-11,17H,1-4,6-7,12-15H2,(H,22,24)/t17-/m0/s1. The maximum atomic E-state index is 12.8. The molecule has 1 N–H and O–H groups in total. The second-order valence-corrected chi connectivity index (χ2v) is 9.68. The summed E-state index contributed by atoms with van der Waals surface area (Å²) < 4.78 is 27.1. The molecule has 1 fully saturated rings. The zero-order valence-electron chi connectivity index (χ0n) is 15.5. The van der Waals surface area contributed by atoms with Gasteiger partial charge < -0.3 is 5.32 Å². The SMILES string of the molecule is O=C(NCCC1=CCCCC1)[C@H]1CCCN(S(=O)(=O)c2ccc(Cl)cc2)C1. The highest BCUT2D eigenvalue weighted by Crippen LogP contribution is 2.25. The predicted octanol–water partition coefficient (Wildman–Crippen LogP) is 3.75. The molecule has 1 aliphatic heterocycles. The first-order valence-corrected chi connectivity index (χ1v) is 11.5. The molecule has 7 heteroatoms. The van der Waals surface area contributed by atoms with Gasteiger partial charge in [-0.3, -0.25) is 4.79 Å². The molecule has 27 heavy (non-hydrogen) atoms. The predicted molar refractivity (Wildman–Crippen MR) is 107 cm³/mol. The van der Waals surface area contributed by atoms with E-state index in [0.717, 1.165) is 25.7 Å². The van der Waals surface area contributed by atoms with Gasteiger partial charge in [-0.2, -0.15) is 4.31 Å². The summed E-state index contributed by atoms with van der Waals surface area (Å²) in [5.74, 6) is -0.330. The molecule has 0 saturated carbocycles. The van der Waals surface area contributed by atoms with E-state index in [1.54, 1.807) is 12.1 Å². The van der Waals surface area contributed by atoms with Crippen LogP contribution in [0.4, 0.5) is 0 Å². The zero-order chi connectivity index (χ0) is 19.3. The molecule has 1 aromatic rings. The van der Waals surface area contributed by atoms with Crippen molar-refractivity contribution in [3.63, 3.8) is 0 Å². The maximum absolute atomic E-state index is 12.8. The minimum absolute atomic E-state index is 0.0394. The molecule has 1 atom stereocenters. The molecule has 1 saturated heterocycles. The topological polar surface area (TPSA) is 66.5 Å². The van der Waals surface area contributed by atoms with Crippen LogP contribution >= 0.6 is 11.6 Å². The summed E-state index contributed by atoms with van der Waals surface area (Å²) in [5.41, 5.74) is 1.43. The third-order valence-corrected chi connectivity index (χ3v) is 7.47. The van der Waals surface area contributed by atoms with E-state index in [1.165, 1.54) is 34.9 Å². The fourth-order valence-electron chi connectivity index (χ4n) is 3.75. The molecule has 0 aromatic heterocycles. The number of sulfonamides is 1. The molecule has 3 rings (SSSR count). The summed E-state index contributed by atoms with van der Waals surface area (Å²) in [6.45, 7) is 1.31. The molecule has 0 bridgehead atoms. The largest absolute Gasteiger partial charge is 0.356 e. The molecule has 0 unspecified atom stereocenters. The van der Waals surface area contributed by atoms with Crippen LogP contribution in [0.1, 0.15) is 44.9 Å². The van der Waals surface area contributed by atoms with Gasteiger partial charge in [0.05, 0.1) is 10.8 Å². The molecule has 5 nitrogen and oxygen atoms in total. The van der Waals surface area contributed by atoms with Crippen molar-refractivity contribution in [2.24, 2.45) is 5.92 Å². The number of rotatable bonds is 6. The van der Waals surface area contributed by atoms with Gasteiger partial charge in [-0.1, -0.05) is 23.3 Å². The van der Waals surface area contributed by atoms with E-state index in [0.29, 0.717) is 24.5 Å². The molecule has 2 aliphatic rings. The summed E-state index contributed by atoms with van der Waals surface area (Å²) in [4.78, 5) is 12.7. The van der Waals surface area contributed by atoms with Crippen LogP contribution in [-0.4, -0.2) is 38.3 Å². The zero-order valence-corrected chi connectivity index (χ0v) is 17.1. The summed E-state index contributed by atoms with van der Waals surface area (Å²) >= 11 is 5.85. The molecule has 0 spiro atoms. The number of hydrogen-bond donors (Lipinski definition) is 1. The lowest BCUT2D eigenvalue weighted by molar-refractivity contribution is -0.126. The first-order valence-electron chi connectivity index (χ1n) is 9.68. The van der Waals surface area contributed by atoms with Gasteiger partial charge in [-0.05, 0) is 69.2 Å². The molecule has 1 aromatic carbocycles. The van der Waals surface area contributed by atoms with Crippen LogP contribution in [0.2, 0.25) is 5.02 Å². The number of carbonyl (C=O) groups excluding carboxylic acids is 1. The minimum Gasteiger partial charge on any atom is -0.356 e. The summed E-state index contributed by atoms with van der Waals surface area (Å²) in [6, 6.07) is 6.17. The van der Waals surface area contributed by atoms with E-state index < -0.39 is 10.0 Å². The van der Waals surface area contributed by atoms with Crippen molar-refractivity contribution in [1.82, 2.24) is 9.62 Å². The number of carbonyl (C=O) groups is 1. The Labute approximate surface area is 166 Å². The van der Waals surface area contributed by atoms with Crippen LogP contribution in [0.3, 0.4) is 0 Å². The van der Waals surface area contributed by atoms with Crippen molar-refractivity contribution in [2.75, 3.05) is 19.6 Å². The van der Waals surface area contributed by atoms with Crippen LogP contribution in [0, 0.1) is 5.92 Å². The maximum Gasteiger partial charge on any atom is 0.243 e. The van der Waals surface area contributed by atoms with E-state index in [4.69, 9.17) is 11.6 Å². The fraction of sp³-hybridized carbons (Fsp3) is 0.550. The number of piperidine rings is 1. The van der Waals surface area contributed by atoms with Gasteiger partial charge in [0.1, 0.15) is 0 Å². The lowest BCUT2D eigenvalue weighted by Gasteiger charge is -2.31. The van der Waals surface area contributed by atoms with Crippen LogP contribution in [-0.2, 0) is 14.8 Å². The molecular weight excluding hydrogens is 384 g/mol. The smallest absolute Gasteiger partial charge is 0.243 e.